The zero-order valence-electron chi connectivity index (χ0n) is 14.6. The van der Waals surface area contributed by atoms with E-state index >= 15 is 0 Å². The van der Waals surface area contributed by atoms with Crippen LogP contribution in [0.25, 0.3) is 11.0 Å². The number of para-hydroxylation sites is 2. The summed E-state index contributed by atoms with van der Waals surface area (Å²) in [5.41, 5.74) is 2.64. The number of likely N-dealkylation sites (tertiary alicyclic amines) is 1. The minimum Gasteiger partial charge on any atom is -0.447 e. The lowest BCUT2D eigenvalue weighted by atomic mass is 9.93. The Balaban J connectivity index is 1.21. The number of nitrogens with one attached hydrogen (secondary N) is 1. The third kappa shape index (κ3) is 2.89. The van der Waals surface area contributed by atoms with E-state index in [-0.39, 0.29) is 5.91 Å². The van der Waals surface area contributed by atoms with Crippen molar-refractivity contribution >= 4 is 16.9 Å². The summed E-state index contributed by atoms with van der Waals surface area (Å²) in [5, 5.41) is 0. The fourth-order valence-corrected chi connectivity index (χ4v) is 3.92. The Morgan fingerprint density at radius 3 is 2.77 bits per heavy atom. The molecule has 1 aromatic carbocycles. The van der Waals surface area contributed by atoms with Crippen molar-refractivity contribution in [2.45, 2.75) is 38.0 Å². The summed E-state index contributed by atoms with van der Waals surface area (Å²) in [4.78, 5) is 27.0. The topological polar surface area (TPSA) is 75.0 Å². The molecule has 1 saturated carbocycles. The molecule has 1 saturated heterocycles. The maximum Gasteiger partial charge on any atom is 0.276 e. The van der Waals surface area contributed by atoms with E-state index in [4.69, 9.17) is 4.42 Å². The molecule has 2 aromatic heterocycles. The molecular weight excluding hydrogens is 328 g/mol. The van der Waals surface area contributed by atoms with Gasteiger partial charge in [0, 0.05) is 25.4 Å². The molecule has 3 aromatic rings. The Hall–Kier alpha value is -2.63. The molecule has 0 spiro atoms. The fraction of sp³-hybridized carbons (Fsp3) is 0.450. The molecule has 1 N–H and O–H groups in total. The molecule has 1 aliphatic heterocycles. The van der Waals surface area contributed by atoms with E-state index in [9.17, 15) is 4.79 Å². The zero-order chi connectivity index (χ0) is 17.5. The molecule has 6 nitrogen and oxygen atoms in total. The zero-order valence-corrected chi connectivity index (χ0v) is 14.6. The highest BCUT2D eigenvalue weighted by atomic mass is 16.3. The van der Waals surface area contributed by atoms with Crippen LogP contribution in [0.5, 0.6) is 0 Å². The molecule has 0 atom stereocenters. The van der Waals surface area contributed by atoms with Crippen molar-refractivity contribution in [3.63, 3.8) is 0 Å². The molecule has 2 fully saturated rings. The van der Waals surface area contributed by atoms with Crippen LogP contribution in [0.4, 0.5) is 0 Å². The van der Waals surface area contributed by atoms with Crippen LogP contribution >= 0.6 is 0 Å². The SMILES string of the molecule is O=C(c1ncoc1C1CC1)N1CCC(Cc2nc3ccccc3[nH]2)CC1. The number of carbonyl (C=O) groups is 1. The minimum atomic E-state index is 0.0304. The van der Waals surface area contributed by atoms with Gasteiger partial charge in [-0.25, -0.2) is 9.97 Å². The summed E-state index contributed by atoms with van der Waals surface area (Å²) in [6.45, 7) is 1.56. The van der Waals surface area contributed by atoms with Crippen molar-refractivity contribution < 1.29 is 9.21 Å². The van der Waals surface area contributed by atoms with Crippen LogP contribution in [0.1, 0.15) is 53.7 Å². The second kappa shape index (κ2) is 6.27. The summed E-state index contributed by atoms with van der Waals surface area (Å²) < 4.78 is 5.46. The number of carbonyl (C=O) groups excluding carboxylic acids is 1. The van der Waals surface area contributed by atoms with Gasteiger partial charge in [0.2, 0.25) is 0 Å². The van der Waals surface area contributed by atoms with E-state index in [1.165, 1.54) is 6.39 Å². The van der Waals surface area contributed by atoms with Crippen LogP contribution in [0.15, 0.2) is 35.1 Å². The van der Waals surface area contributed by atoms with Gasteiger partial charge in [0.25, 0.3) is 5.91 Å². The third-order valence-corrected chi connectivity index (χ3v) is 5.57. The smallest absolute Gasteiger partial charge is 0.276 e. The average molecular weight is 350 g/mol. The Kier molecular flexibility index (Phi) is 3.76. The number of nitrogens with zero attached hydrogens (tertiary/aromatic N) is 3. The van der Waals surface area contributed by atoms with Crippen LogP contribution < -0.4 is 0 Å². The first-order valence-electron chi connectivity index (χ1n) is 9.44. The molecule has 0 unspecified atom stereocenters. The molecule has 1 aliphatic carbocycles. The normalized spacial score (nSPS) is 18.5. The van der Waals surface area contributed by atoms with Gasteiger partial charge < -0.3 is 14.3 Å². The van der Waals surface area contributed by atoms with E-state index in [0.717, 1.165) is 67.8 Å². The standard InChI is InChI=1S/C20H22N4O2/c25-20(18-19(14-5-6-14)26-12-21-18)24-9-7-13(8-10-24)11-17-22-15-3-1-2-4-16(15)23-17/h1-4,12-14H,5-11H2,(H,22,23). The number of benzene rings is 1. The number of imidazole rings is 1. The van der Waals surface area contributed by atoms with Crippen molar-refractivity contribution in [1.82, 2.24) is 19.9 Å². The molecule has 1 amide bonds. The lowest BCUT2D eigenvalue weighted by molar-refractivity contribution is 0.0682. The van der Waals surface area contributed by atoms with Gasteiger partial charge in [-0.3, -0.25) is 4.79 Å². The lowest BCUT2D eigenvalue weighted by Gasteiger charge is -2.31. The number of amides is 1. The summed E-state index contributed by atoms with van der Waals surface area (Å²) >= 11 is 0. The molecular formula is C20H22N4O2. The van der Waals surface area contributed by atoms with E-state index in [0.29, 0.717) is 17.5 Å². The molecule has 134 valence electrons. The first-order chi connectivity index (χ1) is 12.8. The van der Waals surface area contributed by atoms with Gasteiger partial charge in [-0.1, -0.05) is 12.1 Å². The summed E-state index contributed by atoms with van der Waals surface area (Å²) in [6, 6.07) is 8.12. The van der Waals surface area contributed by atoms with Crippen LogP contribution in [0, 0.1) is 5.92 Å². The second-order valence-electron chi connectivity index (χ2n) is 7.48. The van der Waals surface area contributed by atoms with Crippen molar-refractivity contribution in [3.05, 3.63) is 47.9 Å². The van der Waals surface area contributed by atoms with E-state index in [1.54, 1.807) is 0 Å². The Morgan fingerprint density at radius 1 is 1.19 bits per heavy atom. The van der Waals surface area contributed by atoms with Gasteiger partial charge in [-0.15, -0.1) is 0 Å². The number of H-pyrrole nitrogens is 1. The molecule has 6 heteroatoms. The molecule has 3 heterocycles. The van der Waals surface area contributed by atoms with Crippen LogP contribution in [0.2, 0.25) is 0 Å². The lowest BCUT2D eigenvalue weighted by Crippen LogP contribution is -2.39. The molecule has 0 radical (unpaired) electrons. The van der Waals surface area contributed by atoms with Crippen molar-refractivity contribution in [3.8, 4) is 0 Å². The number of aromatic nitrogens is 3. The summed E-state index contributed by atoms with van der Waals surface area (Å²) in [6.07, 6.45) is 6.56. The predicted octanol–water partition coefficient (Wildman–Crippen LogP) is 3.52. The number of aromatic amines is 1. The quantitative estimate of drug-likeness (QED) is 0.781. The van der Waals surface area contributed by atoms with E-state index < -0.39 is 0 Å². The Morgan fingerprint density at radius 2 is 2.00 bits per heavy atom. The number of oxazole rings is 1. The maximum absolute atomic E-state index is 12.8. The first kappa shape index (κ1) is 15.6. The predicted molar refractivity (Wildman–Crippen MR) is 96.9 cm³/mol. The Bertz CT molecular complexity index is 899. The van der Waals surface area contributed by atoms with Gasteiger partial charge in [-0.2, -0.15) is 0 Å². The van der Waals surface area contributed by atoms with Gasteiger partial charge >= 0.3 is 0 Å². The van der Waals surface area contributed by atoms with E-state index in [1.807, 2.05) is 23.1 Å². The van der Waals surface area contributed by atoms with Gasteiger partial charge in [-0.05, 0) is 43.7 Å². The van der Waals surface area contributed by atoms with E-state index in [2.05, 4.69) is 21.0 Å². The van der Waals surface area contributed by atoms with Gasteiger partial charge in [0.1, 0.15) is 11.6 Å². The number of hydrogen-bond donors (Lipinski definition) is 1. The number of rotatable bonds is 4. The highest BCUT2D eigenvalue weighted by Crippen LogP contribution is 2.41. The molecule has 0 bridgehead atoms. The average Bonchev–Trinajstić information content (AvgIpc) is 3.25. The highest BCUT2D eigenvalue weighted by molar-refractivity contribution is 5.93. The molecule has 26 heavy (non-hydrogen) atoms. The van der Waals surface area contributed by atoms with Crippen LogP contribution in [0.3, 0.4) is 0 Å². The summed E-state index contributed by atoms with van der Waals surface area (Å²) in [5.74, 6) is 2.83. The maximum atomic E-state index is 12.8. The van der Waals surface area contributed by atoms with Crippen molar-refractivity contribution in [2.75, 3.05) is 13.1 Å². The van der Waals surface area contributed by atoms with Crippen LogP contribution in [-0.4, -0.2) is 38.8 Å². The second-order valence-corrected chi connectivity index (χ2v) is 7.48. The molecule has 5 rings (SSSR count). The minimum absolute atomic E-state index is 0.0304. The first-order valence-corrected chi connectivity index (χ1v) is 9.44. The highest BCUT2D eigenvalue weighted by Gasteiger charge is 2.34. The van der Waals surface area contributed by atoms with Crippen molar-refractivity contribution in [2.24, 2.45) is 5.92 Å². The summed E-state index contributed by atoms with van der Waals surface area (Å²) in [7, 11) is 0. The number of fused-ring (bicyclic) bond motifs is 1. The third-order valence-electron chi connectivity index (χ3n) is 5.57. The molecule has 2 aliphatic rings. The number of piperidine rings is 1. The monoisotopic (exact) mass is 350 g/mol. The van der Waals surface area contributed by atoms with Crippen molar-refractivity contribution in [1.29, 1.82) is 0 Å². The Labute approximate surface area is 151 Å². The van der Waals surface area contributed by atoms with Gasteiger partial charge in [0.05, 0.1) is 11.0 Å². The van der Waals surface area contributed by atoms with Crippen LogP contribution in [-0.2, 0) is 6.42 Å². The van der Waals surface area contributed by atoms with Gasteiger partial charge in [0.15, 0.2) is 12.1 Å². The largest absolute Gasteiger partial charge is 0.447 e. The fourth-order valence-electron chi connectivity index (χ4n) is 3.92. The number of hydrogen-bond acceptors (Lipinski definition) is 4.